The Morgan fingerprint density at radius 3 is 2.74 bits per heavy atom. The van der Waals surface area contributed by atoms with Gasteiger partial charge in [-0.1, -0.05) is 23.7 Å². The molecule has 2 aromatic rings. The Kier molecular flexibility index (Phi) is 5.88. The molecule has 0 fully saturated rings. The Balaban J connectivity index is 2.31. The summed E-state index contributed by atoms with van der Waals surface area (Å²) in [5.41, 5.74) is 3.66. The van der Waals surface area contributed by atoms with Gasteiger partial charge < -0.3 is 15.0 Å². The first kappa shape index (κ1) is 17.2. The highest BCUT2D eigenvalue weighted by Gasteiger charge is 2.09. The van der Waals surface area contributed by atoms with Gasteiger partial charge in [-0.25, -0.2) is 4.99 Å². The number of aryl methyl sites for hydroxylation is 1. The predicted molar refractivity (Wildman–Crippen MR) is 98.9 cm³/mol. The van der Waals surface area contributed by atoms with E-state index in [0.29, 0.717) is 16.5 Å². The van der Waals surface area contributed by atoms with Crippen LogP contribution in [0.5, 0.6) is 5.75 Å². The number of hydrogen-bond donors (Lipinski definition) is 1. The third kappa shape index (κ3) is 4.63. The van der Waals surface area contributed by atoms with E-state index in [4.69, 9.17) is 16.3 Å². The normalized spacial score (nSPS) is 10.8. The van der Waals surface area contributed by atoms with E-state index in [0.717, 1.165) is 17.9 Å². The van der Waals surface area contributed by atoms with Crippen LogP contribution in [0.3, 0.4) is 0 Å². The molecule has 4 nitrogen and oxygen atoms in total. The van der Waals surface area contributed by atoms with Gasteiger partial charge in [0.15, 0.2) is 0 Å². The van der Waals surface area contributed by atoms with Crippen molar-refractivity contribution in [1.29, 1.82) is 0 Å². The SMILES string of the molecule is CCN(C)/C=N\c1cc(OC)c(Nc2cccc(C)c2)cc1Cl. The molecular weight excluding hydrogens is 310 g/mol. The maximum atomic E-state index is 6.35. The van der Waals surface area contributed by atoms with Crippen molar-refractivity contribution in [2.45, 2.75) is 13.8 Å². The first-order valence-electron chi connectivity index (χ1n) is 7.49. The largest absolute Gasteiger partial charge is 0.494 e. The predicted octanol–water partition coefficient (Wildman–Crippen LogP) is 5.01. The molecule has 0 radical (unpaired) electrons. The van der Waals surface area contributed by atoms with Crippen molar-refractivity contribution in [3.8, 4) is 5.75 Å². The summed E-state index contributed by atoms with van der Waals surface area (Å²) in [5, 5.41) is 3.91. The van der Waals surface area contributed by atoms with Crippen LogP contribution in [0.2, 0.25) is 5.02 Å². The molecule has 23 heavy (non-hydrogen) atoms. The molecular formula is C18H22ClN3O. The van der Waals surface area contributed by atoms with Crippen LogP contribution in [0.4, 0.5) is 17.1 Å². The van der Waals surface area contributed by atoms with Gasteiger partial charge in [0.25, 0.3) is 0 Å². The van der Waals surface area contributed by atoms with Crippen molar-refractivity contribution in [3.63, 3.8) is 0 Å². The van der Waals surface area contributed by atoms with E-state index < -0.39 is 0 Å². The molecule has 2 aromatic carbocycles. The summed E-state index contributed by atoms with van der Waals surface area (Å²) in [4.78, 5) is 6.38. The van der Waals surface area contributed by atoms with Gasteiger partial charge in [0.05, 0.1) is 29.8 Å². The number of ether oxygens (including phenoxy) is 1. The Labute approximate surface area is 142 Å². The summed E-state index contributed by atoms with van der Waals surface area (Å²) in [6, 6.07) is 11.8. The minimum absolute atomic E-state index is 0.571. The molecule has 0 saturated heterocycles. The van der Waals surface area contributed by atoms with Crippen LogP contribution >= 0.6 is 11.6 Å². The lowest BCUT2D eigenvalue weighted by Gasteiger charge is -2.14. The third-order valence-corrected chi connectivity index (χ3v) is 3.76. The van der Waals surface area contributed by atoms with Gasteiger partial charge in [-0.2, -0.15) is 0 Å². The van der Waals surface area contributed by atoms with Crippen LogP contribution in [-0.4, -0.2) is 31.9 Å². The smallest absolute Gasteiger partial charge is 0.144 e. The standard InChI is InChI=1S/C18H22ClN3O/c1-5-22(3)12-20-16-11-18(23-4)17(10-15(16)19)21-14-8-6-7-13(2)9-14/h6-12,21H,5H2,1-4H3/b20-12-. The Bertz CT molecular complexity index is 701. The number of nitrogens with zero attached hydrogens (tertiary/aromatic N) is 2. The Morgan fingerprint density at radius 1 is 1.30 bits per heavy atom. The summed E-state index contributed by atoms with van der Waals surface area (Å²) in [6.45, 7) is 4.99. The van der Waals surface area contributed by atoms with E-state index in [2.05, 4.69) is 36.3 Å². The zero-order valence-corrected chi connectivity index (χ0v) is 14.7. The van der Waals surface area contributed by atoms with E-state index in [1.54, 1.807) is 13.4 Å². The average Bonchev–Trinajstić information content (AvgIpc) is 2.53. The van der Waals surface area contributed by atoms with Crippen LogP contribution < -0.4 is 10.1 Å². The van der Waals surface area contributed by atoms with Crippen LogP contribution in [0.25, 0.3) is 0 Å². The average molecular weight is 332 g/mol. The monoisotopic (exact) mass is 331 g/mol. The van der Waals surface area contributed by atoms with Gasteiger partial charge in [0, 0.05) is 25.3 Å². The van der Waals surface area contributed by atoms with E-state index >= 15 is 0 Å². The first-order chi connectivity index (χ1) is 11.0. The number of anilines is 2. The number of benzene rings is 2. The lowest BCUT2D eigenvalue weighted by molar-refractivity contribution is 0.417. The lowest BCUT2D eigenvalue weighted by Crippen LogP contribution is -2.14. The van der Waals surface area contributed by atoms with E-state index in [9.17, 15) is 0 Å². The van der Waals surface area contributed by atoms with Crippen molar-refractivity contribution in [3.05, 3.63) is 47.0 Å². The minimum Gasteiger partial charge on any atom is -0.494 e. The number of rotatable bonds is 6. The molecule has 0 spiro atoms. The van der Waals surface area contributed by atoms with Gasteiger partial charge in [0.2, 0.25) is 0 Å². The molecule has 0 bridgehead atoms. The number of nitrogens with one attached hydrogen (secondary N) is 1. The second kappa shape index (κ2) is 7.88. The van der Waals surface area contributed by atoms with Crippen LogP contribution in [0.15, 0.2) is 41.4 Å². The summed E-state index contributed by atoms with van der Waals surface area (Å²) in [7, 11) is 3.60. The molecule has 122 valence electrons. The Hall–Kier alpha value is -2.20. The summed E-state index contributed by atoms with van der Waals surface area (Å²) >= 11 is 6.35. The second-order valence-corrected chi connectivity index (χ2v) is 5.72. The molecule has 0 saturated carbocycles. The summed E-state index contributed by atoms with van der Waals surface area (Å²) < 4.78 is 5.47. The van der Waals surface area contributed by atoms with Crippen molar-refractivity contribution in [1.82, 2.24) is 4.90 Å². The van der Waals surface area contributed by atoms with Crippen molar-refractivity contribution < 1.29 is 4.74 Å². The van der Waals surface area contributed by atoms with Gasteiger partial charge in [-0.05, 0) is 37.6 Å². The van der Waals surface area contributed by atoms with E-state index in [-0.39, 0.29) is 0 Å². The molecule has 5 heteroatoms. The molecule has 0 aromatic heterocycles. The van der Waals surface area contributed by atoms with Gasteiger partial charge in [-0.15, -0.1) is 0 Å². The fraction of sp³-hybridized carbons (Fsp3) is 0.278. The van der Waals surface area contributed by atoms with E-state index in [1.807, 2.05) is 36.2 Å². The number of methoxy groups -OCH3 is 1. The molecule has 2 rings (SSSR count). The van der Waals surface area contributed by atoms with Gasteiger partial charge >= 0.3 is 0 Å². The van der Waals surface area contributed by atoms with Crippen LogP contribution in [0, 0.1) is 6.92 Å². The maximum absolute atomic E-state index is 6.35. The van der Waals surface area contributed by atoms with Crippen molar-refractivity contribution >= 4 is 35.0 Å². The molecule has 0 unspecified atom stereocenters. The highest BCUT2D eigenvalue weighted by molar-refractivity contribution is 6.33. The molecule has 0 aliphatic rings. The van der Waals surface area contributed by atoms with E-state index in [1.165, 1.54) is 5.56 Å². The van der Waals surface area contributed by atoms with Crippen LogP contribution in [-0.2, 0) is 0 Å². The molecule has 0 aliphatic carbocycles. The topological polar surface area (TPSA) is 36.9 Å². The fourth-order valence-electron chi connectivity index (χ4n) is 2.03. The summed E-state index contributed by atoms with van der Waals surface area (Å²) in [5.74, 6) is 0.696. The molecule has 0 heterocycles. The second-order valence-electron chi connectivity index (χ2n) is 5.32. The Morgan fingerprint density at radius 2 is 2.09 bits per heavy atom. The zero-order valence-electron chi connectivity index (χ0n) is 13.9. The zero-order chi connectivity index (χ0) is 16.8. The quantitative estimate of drug-likeness (QED) is 0.597. The van der Waals surface area contributed by atoms with Gasteiger partial charge in [-0.3, -0.25) is 0 Å². The molecule has 0 amide bonds. The maximum Gasteiger partial charge on any atom is 0.144 e. The third-order valence-electron chi connectivity index (χ3n) is 3.46. The fourth-order valence-corrected chi connectivity index (χ4v) is 2.24. The number of hydrogen-bond acceptors (Lipinski definition) is 3. The van der Waals surface area contributed by atoms with Crippen molar-refractivity contribution in [2.75, 3.05) is 26.0 Å². The molecule has 0 atom stereocenters. The van der Waals surface area contributed by atoms with Gasteiger partial charge in [0.1, 0.15) is 5.75 Å². The highest BCUT2D eigenvalue weighted by Crippen LogP contribution is 2.37. The molecule has 0 aliphatic heterocycles. The van der Waals surface area contributed by atoms with Crippen LogP contribution in [0.1, 0.15) is 12.5 Å². The number of aliphatic imine (C=N–C) groups is 1. The summed E-state index contributed by atoms with van der Waals surface area (Å²) in [6.07, 6.45) is 1.76. The number of halogens is 1. The highest BCUT2D eigenvalue weighted by atomic mass is 35.5. The lowest BCUT2D eigenvalue weighted by atomic mass is 10.2. The first-order valence-corrected chi connectivity index (χ1v) is 7.87. The van der Waals surface area contributed by atoms with Crippen molar-refractivity contribution in [2.24, 2.45) is 4.99 Å². The molecule has 1 N–H and O–H groups in total. The minimum atomic E-state index is 0.571.